The van der Waals surface area contributed by atoms with E-state index in [0.717, 1.165) is 17.4 Å². The monoisotopic (exact) mass is 228 g/mol. The lowest BCUT2D eigenvalue weighted by molar-refractivity contribution is 0.0951. The second-order valence-electron chi connectivity index (χ2n) is 2.98. The van der Waals surface area contributed by atoms with Crippen LogP contribution < -0.4 is 5.32 Å². The first-order valence-corrected chi connectivity index (χ1v) is 4.70. The molecule has 1 aliphatic rings. The standard InChI is InChI=1S/C8H9BrN2O/c9-7-3-5(4-10-7)8(12)11-6-1-2-6/h3-4,6,10H,1-2H2,(H,11,12). The van der Waals surface area contributed by atoms with E-state index in [2.05, 4.69) is 26.2 Å². The number of rotatable bonds is 2. The third-order valence-electron chi connectivity index (χ3n) is 1.82. The number of nitrogens with one attached hydrogen (secondary N) is 2. The van der Waals surface area contributed by atoms with Gasteiger partial charge in [-0.2, -0.15) is 0 Å². The van der Waals surface area contributed by atoms with Gasteiger partial charge in [-0.05, 0) is 34.8 Å². The van der Waals surface area contributed by atoms with Gasteiger partial charge in [0.05, 0.1) is 10.2 Å². The smallest absolute Gasteiger partial charge is 0.253 e. The SMILES string of the molecule is O=C(NC1CC1)c1c[nH]c(Br)c1. The van der Waals surface area contributed by atoms with Crippen LogP contribution in [0.1, 0.15) is 23.2 Å². The van der Waals surface area contributed by atoms with Crippen molar-refractivity contribution in [3.05, 3.63) is 22.4 Å². The Morgan fingerprint density at radius 1 is 1.67 bits per heavy atom. The van der Waals surface area contributed by atoms with E-state index in [9.17, 15) is 4.79 Å². The van der Waals surface area contributed by atoms with Gasteiger partial charge in [-0.25, -0.2) is 0 Å². The molecular weight excluding hydrogens is 220 g/mol. The summed E-state index contributed by atoms with van der Waals surface area (Å²) >= 11 is 3.25. The van der Waals surface area contributed by atoms with Crippen LogP contribution in [0.5, 0.6) is 0 Å². The summed E-state index contributed by atoms with van der Waals surface area (Å²) in [6.45, 7) is 0. The molecule has 0 saturated heterocycles. The zero-order valence-corrected chi connectivity index (χ0v) is 8.02. The molecule has 1 aromatic rings. The maximum absolute atomic E-state index is 11.4. The number of aromatic nitrogens is 1. The Balaban J connectivity index is 2.03. The van der Waals surface area contributed by atoms with Crippen LogP contribution in [0.15, 0.2) is 16.9 Å². The molecule has 64 valence electrons. The van der Waals surface area contributed by atoms with Crippen LogP contribution in [0.25, 0.3) is 0 Å². The van der Waals surface area contributed by atoms with Gasteiger partial charge in [-0.1, -0.05) is 0 Å². The van der Waals surface area contributed by atoms with Crippen molar-refractivity contribution in [3.63, 3.8) is 0 Å². The molecule has 0 aliphatic heterocycles. The van der Waals surface area contributed by atoms with Crippen LogP contribution in [0.4, 0.5) is 0 Å². The van der Waals surface area contributed by atoms with E-state index in [4.69, 9.17) is 0 Å². The van der Waals surface area contributed by atoms with E-state index in [-0.39, 0.29) is 5.91 Å². The van der Waals surface area contributed by atoms with Crippen LogP contribution in [0.2, 0.25) is 0 Å². The van der Waals surface area contributed by atoms with E-state index in [0.29, 0.717) is 11.6 Å². The van der Waals surface area contributed by atoms with Crippen molar-refractivity contribution < 1.29 is 4.79 Å². The van der Waals surface area contributed by atoms with Gasteiger partial charge >= 0.3 is 0 Å². The lowest BCUT2D eigenvalue weighted by Gasteiger charge is -1.98. The average molecular weight is 229 g/mol. The minimum absolute atomic E-state index is 0.0134. The van der Waals surface area contributed by atoms with Gasteiger partial charge in [0.1, 0.15) is 0 Å². The molecule has 1 saturated carbocycles. The Kier molecular flexibility index (Phi) is 1.92. The number of aromatic amines is 1. The van der Waals surface area contributed by atoms with Gasteiger partial charge in [-0.15, -0.1) is 0 Å². The lowest BCUT2D eigenvalue weighted by atomic mass is 10.3. The van der Waals surface area contributed by atoms with E-state index in [1.165, 1.54) is 0 Å². The number of amides is 1. The molecule has 3 nitrogen and oxygen atoms in total. The minimum Gasteiger partial charge on any atom is -0.355 e. The van der Waals surface area contributed by atoms with Gasteiger partial charge in [0.15, 0.2) is 0 Å². The molecule has 1 fully saturated rings. The maximum Gasteiger partial charge on any atom is 0.253 e. The first-order valence-electron chi connectivity index (χ1n) is 3.90. The second-order valence-corrected chi connectivity index (χ2v) is 3.84. The molecule has 1 aliphatic carbocycles. The van der Waals surface area contributed by atoms with Gasteiger partial charge in [0.2, 0.25) is 0 Å². The summed E-state index contributed by atoms with van der Waals surface area (Å²) in [5, 5.41) is 2.90. The fourth-order valence-corrected chi connectivity index (χ4v) is 1.36. The van der Waals surface area contributed by atoms with Crippen LogP contribution in [0, 0.1) is 0 Å². The maximum atomic E-state index is 11.4. The summed E-state index contributed by atoms with van der Waals surface area (Å²) in [5.74, 6) is 0.0134. The summed E-state index contributed by atoms with van der Waals surface area (Å²) in [6, 6.07) is 2.20. The molecule has 0 spiro atoms. The highest BCUT2D eigenvalue weighted by atomic mass is 79.9. The number of carbonyl (C=O) groups is 1. The Hall–Kier alpha value is -0.770. The summed E-state index contributed by atoms with van der Waals surface area (Å²) in [6.07, 6.45) is 3.94. The average Bonchev–Trinajstić information content (AvgIpc) is 2.72. The third kappa shape index (κ3) is 1.69. The molecule has 12 heavy (non-hydrogen) atoms. The molecule has 0 unspecified atom stereocenters. The minimum atomic E-state index is 0.0134. The Bertz CT molecular complexity index is 304. The Morgan fingerprint density at radius 2 is 2.42 bits per heavy atom. The van der Waals surface area contributed by atoms with Crippen molar-refractivity contribution in [2.45, 2.75) is 18.9 Å². The number of halogens is 1. The van der Waals surface area contributed by atoms with E-state index >= 15 is 0 Å². The van der Waals surface area contributed by atoms with Crippen molar-refractivity contribution in [1.29, 1.82) is 0 Å². The molecule has 1 heterocycles. The van der Waals surface area contributed by atoms with Crippen molar-refractivity contribution in [2.24, 2.45) is 0 Å². The molecule has 2 N–H and O–H groups in total. The number of hydrogen-bond acceptors (Lipinski definition) is 1. The molecule has 0 atom stereocenters. The molecule has 4 heteroatoms. The van der Waals surface area contributed by atoms with E-state index in [1.807, 2.05) is 0 Å². The first-order chi connectivity index (χ1) is 5.75. The van der Waals surface area contributed by atoms with Gasteiger partial charge in [0, 0.05) is 12.2 Å². The fraction of sp³-hybridized carbons (Fsp3) is 0.375. The van der Waals surface area contributed by atoms with Crippen LogP contribution in [-0.2, 0) is 0 Å². The van der Waals surface area contributed by atoms with Crippen molar-refractivity contribution in [3.8, 4) is 0 Å². The predicted octanol–water partition coefficient (Wildman–Crippen LogP) is 1.67. The lowest BCUT2D eigenvalue weighted by Crippen LogP contribution is -2.24. The zero-order chi connectivity index (χ0) is 8.55. The quantitative estimate of drug-likeness (QED) is 0.795. The number of hydrogen-bond donors (Lipinski definition) is 2. The van der Waals surface area contributed by atoms with E-state index in [1.54, 1.807) is 12.3 Å². The highest BCUT2D eigenvalue weighted by Gasteiger charge is 2.23. The molecule has 0 aromatic carbocycles. The summed E-state index contributed by atoms with van der Waals surface area (Å²) in [4.78, 5) is 14.3. The number of H-pyrrole nitrogens is 1. The topological polar surface area (TPSA) is 44.9 Å². The first kappa shape index (κ1) is 7.86. The molecule has 0 radical (unpaired) electrons. The highest BCUT2D eigenvalue weighted by Crippen LogP contribution is 2.19. The van der Waals surface area contributed by atoms with Gasteiger partial charge in [0.25, 0.3) is 5.91 Å². The Labute approximate surface area is 78.7 Å². The molecule has 0 bridgehead atoms. The summed E-state index contributed by atoms with van der Waals surface area (Å²) in [5.41, 5.74) is 0.689. The molecule has 1 aromatic heterocycles. The van der Waals surface area contributed by atoms with Gasteiger partial charge in [-0.3, -0.25) is 4.79 Å². The highest BCUT2D eigenvalue weighted by molar-refractivity contribution is 9.10. The normalized spacial score (nSPS) is 16.1. The predicted molar refractivity (Wildman–Crippen MR) is 49.0 cm³/mol. The summed E-state index contributed by atoms with van der Waals surface area (Å²) < 4.78 is 0.837. The Morgan fingerprint density at radius 3 is 2.92 bits per heavy atom. The molecule has 1 amide bonds. The van der Waals surface area contributed by atoms with Crippen LogP contribution >= 0.6 is 15.9 Å². The van der Waals surface area contributed by atoms with Crippen molar-refractivity contribution in [2.75, 3.05) is 0 Å². The third-order valence-corrected chi connectivity index (χ3v) is 2.28. The largest absolute Gasteiger partial charge is 0.355 e. The second kappa shape index (κ2) is 2.94. The fourth-order valence-electron chi connectivity index (χ4n) is 0.994. The van der Waals surface area contributed by atoms with Crippen molar-refractivity contribution >= 4 is 21.8 Å². The van der Waals surface area contributed by atoms with E-state index < -0.39 is 0 Å². The zero-order valence-electron chi connectivity index (χ0n) is 6.43. The van der Waals surface area contributed by atoms with Crippen LogP contribution in [0.3, 0.4) is 0 Å². The van der Waals surface area contributed by atoms with Crippen LogP contribution in [-0.4, -0.2) is 16.9 Å². The summed E-state index contributed by atoms with van der Waals surface area (Å²) in [7, 11) is 0. The van der Waals surface area contributed by atoms with Gasteiger partial charge < -0.3 is 10.3 Å². The number of carbonyl (C=O) groups excluding carboxylic acids is 1. The molecular formula is C8H9BrN2O. The van der Waals surface area contributed by atoms with Crippen molar-refractivity contribution in [1.82, 2.24) is 10.3 Å². The molecule has 2 rings (SSSR count).